The summed E-state index contributed by atoms with van der Waals surface area (Å²) >= 11 is 0. The average molecular weight is 270 g/mol. The van der Waals surface area contributed by atoms with Crippen molar-refractivity contribution in [2.24, 2.45) is 0 Å². The fourth-order valence-electron chi connectivity index (χ4n) is 2.33. The Morgan fingerprint density at radius 2 is 2.15 bits per heavy atom. The van der Waals surface area contributed by atoms with Gasteiger partial charge in [0.05, 0.1) is 13.1 Å². The molecule has 1 N–H and O–H groups in total. The van der Waals surface area contributed by atoms with Crippen LogP contribution in [0.3, 0.4) is 0 Å². The van der Waals surface area contributed by atoms with Gasteiger partial charge in [-0.3, -0.25) is 4.90 Å². The molecule has 0 aliphatic carbocycles. The molecule has 0 aliphatic rings. The molecule has 0 fully saturated rings. The molecule has 0 amide bonds. The summed E-state index contributed by atoms with van der Waals surface area (Å²) in [7, 11) is 2.03. The first-order valence-electron chi connectivity index (χ1n) is 7.08. The molecule has 0 spiro atoms. The molecular weight excluding hydrogens is 248 g/mol. The first kappa shape index (κ1) is 14.6. The summed E-state index contributed by atoms with van der Waals surface area (Å²) in [6, 6.07) is 8.18. The summed E-state index contributed by atoms with van der Waals surface area (Å²) in [5.41, 5.74) is 2.19. The minimum Gasteiger partial charge on any atom is -0.459 e. The van der Waals surface area contributed by atoms with E-state index in [1.165, 1.54) is 10.9 Å². The highest BCUT2D eigenvalue weighted by Gasteiger charge is 2.14. The van der Waals surface area contributed by atoms with Crippen LogP contribution in [0.1, 0.15) is 24.7 Å². The van der Waals surface area contributed by atoms with Crippen molar-refractivity contribution in [3.05, 3.63) is 35.6 Å². The number of terminal acetylenes is 1. The van der Waals surface area contributed by atoms with E-state index in [4.69, 9.17) is 10.8 Å². The van der Waals surface area contributed by atoms with Crippen LogP contribution < -0.4 is 5.32 Å². The number of nitrogens with zero attached hydrogens (tertiary/aromatic N) is 1. The molecule has 0 atom stereocenters. The first-order valence-corrected chi connectivity index (χ1v) is 7.08. The van der Waals surface area contributed by atoms with Gasteiger partial charge in [-0.05, 0) is 26.1 Å². The maximum absolute atomic E-state index is 5.98. The van der Waals surface area contributed by atoms with Crippen molar-refractivity contribution < 1.29 is 4.42 Å². The molecule has 0 aliphatic heterocycles. The molecule has 20 heavy (non-hydrogen) atoms. The van der Waals surface area contributed by atoms with E-state index in [1.807, 2.05) is 25.2 Å². The van der Waals surface area contributed by atoms with E-state index in [2.05, 4.69) is 29.1 Å². The molecule has 0 unspecified atom stereocenters. The maximum atomic E-state index is 5.98. The predicted molar refractivity (Wildman–Crippen MR) is 83.4 cm³/mol. The van der Waals surface area contributed by atoms with Crippen LogP contribution >= 0.6 is 0 Å². The van der Waals surface area contributed by atoms with Gasteiger partial charge in [0, 0.05) is 17.5 Å². The van der Waals surface area contributed by atoms with Gasteiger partial charge in [0.15, 0.2) is 0 Å². The van der Waals surface area contributed by atoms with Crippen LogP contribution in [-0.4, -0.2) is 25.0 Å². The lowest BCUT2D eigenvalue weighted by molar-refractivity contribution is 0.363. The number of para-hydroxylation sites is 1. The van der Waals surface area contributed by atoms with E-state index >= 15 is 0 Å². The van der Waals surface area contributed by atoms with Gasteiger partial charge in [0.25, 0.3) is 0 Å². The molecule has 2 aromatic rings. The average Bonchev–Trinajstić information content (AvgIpc) is 2.78. The zero-order valence-corrected chi connectivity index (χ0v) is 12.3. The molecule has 0 bridgehead atoms. The number of rotatable bonds is 7. The van der Waals surface area contributed by atoms with Crippen LogP contribution in [0, 0.1) is 12.3 Å². The number of fused-ring (bicyclic) bond motifs is 1. The van der Waals surface area contributed by atoms with Gasteiger partial charge >= 0.3 is 0 Å². The van der Waals surface area contributed by atoms with Crippen LogP contribution in [0.4, 0.5) is 0 Å². The van der Waals surface area contributed by atoms with Crippen LogP contribution in [0.25, 0.3) is 11.0 Å². The third kappa shape index (κ3) is 3.41. The minimum atomic E-state index is 0.640. The van der Waals surface area contributed by atoms with Gasteiger partial charge < -0.3 is 9.73 Å². The van der Waals surface area contributed by atoms with E-state index in [1.54, 1.807) is 0 Å². The third-order valence-electron chi connectivity index (χ3n) is 3.28. The summed E-state index contributed by atoms with van der Waals surface area (Å²) in [5, 5.41) is 4.59. The van der Waals surface area contributed by atoms with Crippen LogP contribution in [0.2, 0.25) is 0 Å². The number of benzene rings is 1. The Balaban J connectivity index is 2.27. The fourth-order valence-corrected chi connectivity index (χ4v) is 2.33. The highest BCUT2D eigenvalue weighted by atomic mass is 16.3. The van der Waals surface area contributed by atoms with Crippen molar-refractivity contribution >= 4 is 11.0 Å². The largest absolute Gasteiger partial charge is 0.459 e. The molecule has 1 aromatic heterocycles. The van der Waals surface area contributed by atoms with E-state index in [0.717, 1.165) is 37.4 Å². The molecule has 106 valence electrons. The normalized spacial score (nSPS) is 11.1. The monoisotopic (exact) mass is 270 g/mol. The maximum Gasteiger partial charge on any atom is 0.134 e. The Morgan fingerprint density at radius 3 is 2.90 bits per heavy atom. The Bertz CT molecular complexity index is 595. The predicted octanol–water partition coefficient (Wildman–Crippen LogP) is 3.00. The summed E-state index contributed by atoms with van der Waals surface area (Å²) < 4.78 is 5.98. The Kier molecular flexibility index (Phi) is 5.23. The minimum absolute atomic E-state index is 0.640. The molecular formula is C17H22N2O. The number of hydrogen-bond acceptors (Lipinski definition) is 3. The second-order valence-corrected chi connectivity index (χ2v) is 5.05. The van der Waals surface area contributed by atoms with Crippen LogP contribution in [-0.2, 0) is 13.1 Å². The van der Waals surface area contributed by atoms with Crippen molar-refractivity contribution in [2.45, 2.75) is 26.4 Å². The molecule has 3 heteroatoms. The lowest BCUT2D eigenvalue weighted by Gasteiger charge is -2.13. The summed E-state index contributed by atoms with van der Waals surface area (Å²) in [4.78, 5) is 2.13. The summed E-state index contributed by atoms with van der Waals surface area (Å²) in [6.07, 6.45) is 6.50. The summed E-state index contributed by atoms with van der Waals surface area (Å²) in [5.74, 6) is 3.70. The van der Waals surface area contributed by atoms with Gasteiger partial charge in [-0.1, -0.05) is 31.0 Å². The Hall–Kier alpha value is -1.76. The van der Waals surface area contributed by atoms with Crippen LogP contribution in [0.15, 0.2) is 28.7 Å². The highest BCUT2D eigenvalue weighted by Crippen LogP contribution is 2.26. The summed E-state index contributed by atoms with van der Waals surface area (Å²) in [6.45, 7) is 5.37. The van der Waals surface area contributed by atoms with Crippen molar-refractivity contribution in [3.63, 3.8) is 0 Å². The molecule has 2 rings (SSSR count). The fraction of sp³-hybridized carbons (Fsp3) is 0.412. The molecule has 0 saturated carbocycles. The van der Waals surface area contributed by atoms with Gasteiger partial charge in [-0.25, -0.2) is 0 Å². The van der Waals surface area contributed by atoms with E-state index < -0.39 is 0 Å². The Morgan fingerprint density at radius 1 is 1.35 bits per heavy atom. The second-order valence-electron chi connectivity index (χ2n) is 5.05. The standard InChI is InChI=1S/C17H22N2O/c1-4-10-18-12-17-15(13-19(3)11-5-2)14-8-6-7-9-16(14)20-17/h2,6-9,18H,4,10-13H2,1,3H3. The molecule has 0 saturated heterocycles. The van der Waals surface area contributed by atoms with Crippen molar-refractivity contribution in [1.82, 2.24) is 10.2 Å². The van der Waals surface area contributed by atoms with E-state index in [9.17, 15) is 0 Å². The first-order chi connectivity index (χ1) is 9.76. The number of furan rings is 1. The quantitative estimate of drug-likeness (QED) is 0.619. The molecule has 1 aromatic carbocycles. The third-order valence-corrected chi connectivity index (χ3v) is 3.28. The second kappa shape index (κ2) is 7.14. The van der Waals surface area contributed by atoms with Gasteiger partial charge in [-0.15, -0.1) is 6.42 Å². The lowest BCUT2D eigenvalue weighted by Crippen LogP contribution is -2.20. The van der Waals surface area contributed by atoms with Crippen molar-refractivity contribution in [2.75, 3.05) is 20.1 Å². The molecule has 1 heterocycles. The molecule has 0 radical (unpaired) electrons. The topological polar surface area (TPSA) is 28.4 Å². The smallest absolute Gasteiger partial charge is 0.134 e. The Labute approximate surface area is 121 Å². The van der Waals surface area contributed by atoms with Gasteiger partial charge in [-0.2, -0.15) is 0 Å². The molecule has 3 nitrogen and oxygen atoms in total. The van der Waals surface area contributed by atoms with E-state index in [0.29, 0.717) is 6.54 Å². The van der Waals surface area contributed by atoms with Crippen molar-refractivity contribution in [3.8, 4) is 12.3 Å². The number of hydrogen-bond donors (Lipinski definition) is 1. The highest BCUT2D eigenvalue weighted by molar-refractivity contribution is 5.82. The number of nitrogens with one attached hydrogen (secondary N) is 1. The van der Waals surface area contributed by atoms with Gasteiger partial charge in [0.1, 0.15) is 11.3 Å². The van der Waals surface area contributed by atoms with Gasteiger partial charge in [0.2, 0.25) is 0 Å². The zero-order chi connectivity index (χ0) is 14.4. The lowest BCUT2D eigenvalue weighted by atomic mass is 10.1. The SMILES string of the molecule is C#CCN(C)Cc1c(CNCCC)oc2ccccc12. The van der Waals surface area contributed by atoms with Crippen molar-refractivity contribution in [1.29, 1.82) is 0 Å². The van der Waals surface area contributed by atoms with Crippen LogP contribution in [0.5, 0.6) is 0 Å². The van der Waals surface area contributed by atoms with E-state index in [-0.39, 0.29) is 0 Å². The zero-order valence-electron chi connectivity index (χ0n) is 12.3.